The van der Waals surface area contributed by atoms with Gasteiger partial charge in [0.05, 0.1) is 0 Å². The monoisotopic (exact) mass is 420 g/mol. The minimum Gasteiger partial charge on any atom is -0.343 e. The van der Waals surface area contributed by atoms with Crippen LogP contribution in [-0.4, -0.2) is 48.4 Å². The van der Waals surface area contributed by atoms with Crippen molar-refractivity contribution in [3.8, 4) is 0 Å². The lowest BCUT2D eigenvalue weighted by Crippen LogP contribution is -2.61. The van der Waals surface area contributed by atoms with E-state index in [9.17, 15) is 4.79 Å². The number of rotatable bonds is 15. The van der Waals surface area contributed by atoms with Gasteiger partial charge in [-0.25, -0.2) is 0 Å². The molecule has 2 heterocycles. The van der Waals surface area contributed by atoms with Gasteiger partial charge >= 0.3 is 0 Å². The molecule has 30 heavy (non-hydrogen) atoms. The van der Waals surface area contributed by atoms with E-state index in [0.717, 1.165) is 37.8 Å². The molecule has 2 aliphatic rings. The highest BCUT2D eigenvalue weighted by Crippen LogP contribution is 2.41. The number of likely N-dealkylation sites (tertiary alicyclic amines) is 2. The quantitative estimate of drug-likeness (QED) is 0.287. The topological polar surface area (TPSA) is 23.6 Å². The first-order valence-corrected chi connectivity index (χ1v) is 13.6. The summed E-state index contributed by atoms with van der Waals surface area (Å²) in [4.78, 5) is 17.7. The molecule has 2 fully saturated rings. The van der Waals surface area contributed by atoms with Crippen LogP contribution in [0, 0.1) is 17.3 Å². The third-order valence-corrected chi connectivity index (χ3v) is 7.90. The largest absolute Gasteiger partial charge is 0.343 e. The molecular weight excluding hydrogens is 368 g/mol. The van der Waals surface area contributed by atoms with Crippen molar-refractivity contribution in [3.63, 3.8) is 0 Å². The Morgan fingerprint density at radius 1 is 0.767 bits per heavy atom. The van der Waals surface area contributed by atoms with Gasteiger partial charge in [0.25, 0.3) is 0 Å². The summed E-state index contributed by atoms with van der Waals surface area (Å²) in [6, 6.07) is 0. The Bertz CT molecular complexity index is 447. The van der Waals surface area contributed by atoms with Crippen LogP contribution in [0.5, 0.6) is 0 Å². The van der Waals surface area contributed by atoms with E-state index in [1.807, 2.05) is 0 Å². The Labute approximate surface area is 188 Å². The lowest BCUT2D eigenvalue weighted by atomic mass is 9.71. The first kappa shape index (κ1) is 25.7. The maximum atomic E-state index is 12.8. The third kappa shape index (κ3) is 8.17. The van der Waals surface area contributed by atoms with E-state index in [-0.39, 0.29) is 0 Å². The zero-order valence-corrected chi connectivity index (χ0v) is 20.9. The van der Waals surface area contributed by atoms with Crippen molar-refractivity contribution in [2.24, 2.45) is 17.3 Å². The van der Waals surface area contributed by atoms with E-state index >= 15 is 0 Å². The summed E-state index contributed by atoms with van der Waals surface area (Å²) in [5.74, 6) is 2.09. The molecule has 0 atom stereocenters. The highest BCUT2D eigenvalue weighted by Gasteiger charge is 2.45. The second-order valence-electron chi connectivity index (χ2n) is 10.7. The standard InChI is InChI=1S/C27H52N2O/c1-5-9-13-25(14-10-6-2)21-28-22-27(23-28)17-19-29(20-18-27)26(30)16-15-24(11-7-3)12-8-4/h24-25H,5-23H2,1-4H3. The summed E-state index contributed by atoms with van der Waals surface area (Å²) in [5.41, 5.74) is 0.532. The molecule has 176 valence electrons. The molecule has 2 aliphatic heterocycles. The molecule has 2 rings (SSSR count). The van der Waals surface area contributed by atoms with Crippen LogP contribution in [-0.2, 0) is 4.79 Å². The molecule has 0 aromatic carbocycles. The Hall–Kier alpha value is -0.570. The van der Waals surface area contributed by atoms with Crippen molar-refractivity contribution < 1.29 is 4.79 Å². The van der Waals surface area contributed by atoms with Crippen LogP contribution in [0.4, 0.5) is 0 Å². The lowest BCUT2D eigenvalue weighted by Gasteiger charge is -2.55. The van der Waals surface area contributed by atoms with Crippen molar-refractivity contribution in [3.05, 3.63) is 0 Å². The Morgan fingerprint density at radius 3 is 1.83 bits per heavy atom. The van der Waals surface area contributed by atoms with E-state index in [0.29, 0.717) is 11.3 Å². The van der Waals surface area contributed by atoms with Gasteiger partial charge in [-0.15, -0.1) is 0 Å². The molecule has 0 radical (unpaired) electrons. The molecule has 0 bridgehead atoms. The highest BCUT2D eigenvalue weighted by molar-refractivity contribution is 5.76. The predicted molar refractivity (Wildman–Crippen MR) is 130 cm³/mol. The summed E-state index contributed by atoms with van der Waals surface area (Å²) < 4.78 is 0. The summed E-state index contributed by atoms with van der Waals surface area (Å²) in [6.45, 7) is 15.1. The molecule has 0 aliphatic carbocycles. The summed E-state index contributed by atoms with van der Waals surface area (Å²) >= 11 is 0. The normalized spacial score (nSPS) is 19.1. The first-order chi connectivity index (χ1) is 14.6. The Kier molecular flexibility index (Phi) is 11.8. The van der Waals surface area contributed by atoms with Gasteiger partial charge in [0.2, 0.25) is 5.91 Å². The van der Waals surface area contributed by atoms with Crippen molar-refractivity contribution in [2.75, 3.05) is 32.7 Å². The number of carbonyl (C=O) groups is 1. The number of hydrogen-bond acceptors (Lipinski definition) is 2. The van der Waals surface area contributed by atoms with E-state index < -0.39 is 0 Å². The second kappa shape index (κ2) is 13.8. The molecule has 2 saturated heterocycles. The molecule has 1 spiro atoms. The average molecular weight is 421 g/mol. The van der Waals surface area contributed by atoms with Gasteiger partial charge in [0, 0.05) is 39.1 Å². The van der Waals surface area contributed by atoms with Crippen molar-refractivity contribution in [1.82, 2.24) is 9.80 Å². The number of nitrogens with zero attached hydrogens (tertiary/aromatic N) is 2. The number of carbonyl (C=O) groups excluding carboxylic acids is 1. The minimum atomic E-state index is 0.428. The van der Waals surface area contributed by atoms with Crippen LogP contribution in [0.15, 0.2) is 0 Å². The van der Waals surface area contributed by atoms with Gasteiger partial charge in [0.1, 0.15) is 0 Å². The SMILES string of the molecule is CCCCC(CCCC)CN1CC2(CCN(C(=O)CCC(CCC)CCC)CC2)C1. The fourth-order valence-electron chi connectivity index (χ4n) is 5.99. The lowest BCUT2D eigenvalue weighted by molar-refractivity contribution is -0.136. The molecule has 1 amide bonds. The Balaban J connectivity index is 1.68. The molecule has 3 heteroatoms. The van der Waals surface area contributed by atoms with E-state index in [2.05, 4.69) is 37.5 Å². The number of hydrogen-bond donors (Lipinski definition) is 0. The van der Waals surface area contributed by atoms with Crippen LogP contribution in [0.1, 0.15) is 118 Å². The number of unbranched alkanes of at least 4 members (excludes halogenated alkanes) is 2. The molecular formula is C27H52N2O. The fourth-order valence-corrected chi connectivity index (χ4v) is 5.99. The fraction of sp³-hybridized carbons (Fsp3) is 0.963. The molecule has 0 aromatic heterocycles. The molecule has 0 saturated carbocycles. The molecule has 3 nitrogen and oxygen atoms in total. The Morgan fingerprint density at radius 2 is 1.33 bits per heavy atom. The maximum absolute atomic E-state index is 12.8. The summed E-state index contributed by atoms with van der Waals surface area (Å²) in [5, 5.41) is 0. The van der Waals surface area contributed by atoms with Gasteiger partial charge in [-0.05, 0) is 49.4 Å². The van der Waals surface area contributed by atoms with Gasteiger partial charge in [0.15, 0.2) is 0 Å². The molecule has 0 unspecified atom stereocenters. The van der Waals surface area contributed by atoms with Gasteiger partial charge < -0.3 is 9.80 Å². The van der Waals surface area contributed by atoms with E-state index in [1.165, 1.54) is 96.7 Å². The van der Waals surface area contributed by atoms with Crippen LogP contribution in [0.25, 0.3) is 0 Å². The highest BCUT2D eigenvalue weighted by atomic mass is 16.2. The second-order valence-corrected chi connectivity index (χ2v) is 10.7. The van der Waals surface area contributed by atoms with Crippen LogP contribution < -0.4 is 0 Å². The van der Waals surface area contributed by atoms with Crippen molar-refractivity contribution >= 4 is 5.91 Å². The predicted octanol–water partition coefficient (Wildman–Crippen LogP) is 6.90. The van der Waals surface area contributed by atoms with Gasteiger partial charge in [-0.3, -0.25) is 4.79 Å². The van der Waals surface area contributed by atoms with Crippen molar-refractivity contribution in [2.45, 2.75) is 118 Å². The van der Waals surface area contributed by atoms with Gasteiger partial charge in [-0.2, -0.15) is 0 Å². The number of piperidine rings is 1. The zero-order valence-electron chi connectivity index (χ0n) is 20.9. The molecule has 0 N–H and O–H groups in total. The third-order valence-electron chi connectivity index (χ3n) is 7.90. The van der Waals surface area contributed by atoms with Gasteiger partial charge in [-0.1, -0.05) is 79.1 Å². The number of amides is 1. The summed E-state index contributed by atoms with van der Waals surface area (Å²) in [6.07, 6.45) is 17.7. The smallest absolute Gasteiger partial charge is 0.222 e. The average Bonchev–Trinajstić information content (AvgIpc) is 2.73. The first-order valence-electron chi connectivity index (χ1n) is 13.6. The zero-order chi connectivity index (χ0) is 21.8. The van der Waals surface area contributed by atoms with E-state index in [4.69, 9.17) is 0 Å². The summed E-state index contributed by atoms with van der Waals surface area (Å²) in [7, 11) is 0. The van der Waals surface area contributed by atoms with E-state index in [1.54, 1.807) is 0 Å². The van der Waals surface area contributed by atoms with Crippen LogP contribution in [0.3, 0.4) is 0 Å². The molecule has 0 aromatic rings. The van der Waals surface area contributed by atoms with Crippen LogP contribution >= 0.6 is 0 Å². The van der Waals surface area contributed by atoms with Crippen molar-refractivity contribution in [1.29, 1.82) is 0 Å². The minimum absolute atomic E-state index is 0.428. The maximum Gasteiger partial charge on any atom is 0.222 e. The van der Waals surface area contributed by atoms with Crippen LogP contribution in [0.2, 0.25) is 0 Å².